The summed E-state index contributed by atoms with van der Waals surface area (Å²) in [5.41, 5.74) is 1.12. The molecule has 2 atom stereocenters. The van der Waals surface area contributed by atoms with Crippen molar-refractivity contribution in [1.29, 1.82) is 0 Å². The molecule has 1 aliphatic rings. The molecule has 20 heavy (non-hydrogen) atoms. The number of aliphatic hydroxyl groups excluding tert-OH is 1. The van der Waals surface area contributed by atoms with Crippen molar-refractivity contribution >= 4 is 18.3 Å². The highest BCUT2D eigenvalue weighted by atomic mass is 35.5. The van der Waals surface area contributed by atoms with Crippen molar-refractivity contribution in [2.75, 3.05) is 19.7 Å². The molecule has 0 saturated carbocycles. The highest BCUT2D eigenvalue weighted by molar-refractivity contribution is 5.85. The van der Waals surface area contributed by atoms with Gasteiger partial charge in [0.2, 0.25) is 5.91 Å². The standard InChI is InChI=1S/C14H20N2O3.ClH/c17-12-8-13(16-9-12)14(18)15-6-7-19-10-11-4-2-1-3-5-11;/h1-5,12-13,16-17H,6-10H2,(H,15,18);1H. The van der Waals surface area contributed by atoms with Crippen molar-refractivity contribution in [3.05, 3.63) is 35.9 Å². The van der Waals surface area contributed by atoms with Crippen LogP contribution in [0.3, 0.4) is 0 Å². The third-order valence-corrected chi connectivity index (χ3v) is 3.08. The van der Waals surface area contributed by atoms with Crippen molar-refractivity contribution in [2.24, 2.45) is 0 Å². The quantitative estimate of drug-likeness (QED) is 0.668. The summed E-state index contributed by atoms with van der Waals surface area (Å²) in [7, 11) is 0. The molecule has 1 aromatic carbocycles. The van der Waals surface area contributed by atoms with Crippen LogP contribution in [0.2, 0.25) is 0 Å². The second kappa shape index (κ2) is 8.92. The second-order valence-electron chi connectivity index (χ2n) is 4.68. The normalized spacial score (nSPS) is 21.2. The molecule has 2 unspecified atom stereocenters. The van der Waals surface area contributed by atoms with E-state index in [0.29, 0.717) is 32.7 Å². The molecule has 1 heterocycles. The van der Waals surface area contributed by atoms with Gasteiger partial charge in [0, 0.05) is 13.1 Å². The van der Waals surface area contributed by atoms with Crippen molar-refractivity contribution in [3.63, 3.8) is 0 Å². The fourth-order valence-electron chi connectivity index (χ4n) is 2.05. The van der Waals surface area contributed by atoms with Crippen molar-refractivity contribution in [3.8, 4) is 0 Å². The Hall–Kier alpha value is -1.14. The smallest absolute Gasteiger partial charge is 0.237 e. The molecule has 1 saturated heterocycles. The Morgan fingerprint density at radius 1 is 1.40 bits per heavy atom. The first-order chi connectivity index (χ1) is 9.25. The van der Waals surface area contributed by atoms with Gasteiger partial charge in [-0.1, -0.05) is 30.3 Å². The van der Waals surface area contributed by atoms with Crippen LogP contribution in [0.4, 0.5) is 0 Å². The molecule has 0 radical (unpaired) electrons. The van der Waals surface area contributed by atoms with Crippen LogP contribution in [0.5, 0.6) is 0 Å². The van der Waals surface area contributed by atoms with Gasteiger partial charge in [-0.2, -0.15) is 0 Å². The maximum Gasteiger partial charge on any atom is 0.237 e. The largest absolute Gasteiger partial charge is 0.392 e. The number of β-amino-alcohol motifs (C(OH)–C–C–N with tert-alkyl or cyclic N) is 1. The first-order valence-corrected chi connectivity index (χ1v) is 6.56. The average molecular weight is 301 g/mol. The van der Waals surface area contributed by atoms with Gasteiger partial charge >= 0.3 is 0 Å². The second-order valence-corrected chi connectivity index (χ2v) is 4.68. The van der Waals surface area contributed by atoms with E-state index in [1.165, 1.54) is 0 Å². The van der Waals surface area contributed by atoms with Gasteiger partial charge in [-0.15, -0.1) is 12.4 Å². The van der Waals surface area contributed by atoms with Crippen LogP contribution in [0, 0.1) is 0 Å². The van der Waals surface area contributed by atoms with Gasteiger partial charge < -0.3 is 20.5 Å². The van der Waals surface area contributed by atoms with E-state index in [1.807, 2.05) is 30.3 Å². The van der Waals surface area contributed by atoms with Crippen LogP contribution in [0.1, 0.15) is 12.0 Å². The highest BCUT2D eigenvalue weighted by Gasteiger charge is 2.27. The fraction of sp³-hybridized carbons (Fsp3) is 0.500. The third kappa shape index (κ3) is 5.46. The number of rotatable bonds is 6. The molecule has 5 nitrogen and oxygen atoms in total. The van der Waals surface area contributed by atoms with Gasteiger partial charge in [0.25, 0.3) is 0 Å². The molecular weight excluding hydrogens is 280 g/mol. The first-order valence-electron chi connectivity index (χ1n) is 6.56. The predicted octanol–water partition coefficient (Wildman–Crippen LogP) is 0.464. The Labute approximate surface area is 125 Å². The van der Waals surface area contributed by atoms with Crippen LogP contribution in [-0.4, -0.2) is 42.9 Å². The third-order valence-electron chi connectivity index (χ3n) is 3.08. The van der Waals surface area contributed by atoms with E-state index in [9.17, 15) is 9.90 Å². The SMILES string of the molecule is Cl.O=C(NCCOCc1ccccc1)C1CC(O)CN1. The molecular formula is C14H21ClN2O3. The summed E-state index contributed by atoms with van der Waals surface area (Å²) in [6.45, 7) is 2.01. The summed E-state index contributed by atoms with van der Waals surface area (Å²) in [5, 5.41) is 15.1. The fourth-order valence-corrected chi connectivity index (χ4v) is 2.05. The van der Waals surface area contributed by atoms with Crippen LogP contribution in [-0.2, 0) is 16.1 Å². The molecule has 0 aliphatic carbocycles. The highest BCUT2D eigenvalue weighted by Crippen LogP contribution is 2.05. The zero-order chi connectivity index (χ0) is 13.5. The molecule has 1 aliphatic heterocycles. The number of amides is 1. The van der Waals surface area contributed by atoms with E-state index in [1.54, 1.807) is 0 Å². The lowest BCUT2D eigenvalue weighted by Gasteiger charge is -2.11. The van der Waals surface area contributed by atoms with Gasteiger partial charge in [-0.05, 0) is 12.0 Å². The zero-order valence-electron chi connectivity index (χ0n) is 11.2. The van der Waals surface area contributed by atoms with E-state index in [-0.39, 0.29) is 24.4 Å². The Morgan fingerprint density at radius 3 is 2.80 bits per heavy atom. The Morgan fingerprint density at radius 2 is 2.15 bits per heavy atom. The number of benzene rings is 1. The Kier molecular flexibility index (Phi) is 7.54. The lowest BCUT2D eigenvalue weighted by atomic mass is 10.2. The number of aliphatic hydroxyl groups is 1. The molecule has 1 amide bonds. The minimum Gasteiger partial charge on any atom is -0.392 e. The van der Waals surface area contributed by atoms with Crippen LogP contribution in [0.25, 0.3) is 0 Å². The summed E-state index contributed by atoms with van der Waals surface area (Å²) >= 11 is 0. The minimum atomic E-state index is -0.412. The zero-order valence-corrected chi connectivity index (χ0v) is 12.1. The molecule has 1 fully saturated rings. The predicted molar refractivity (Wildman–Crippen MR) is 78.8 cm³/mol. The topological polar surface area (TPSA) is 70.6 Å². The van der Waals surface area contributed by atoms with Crippen LogP contribution >= 0.6 is 12.4 Å². The molecule has 6 heteroatoms. The molecule has 3 N–H and O–H groups in total. The maximum absolute atomic E-state index is 11.7. The lowest BCUT2D eigenvalue weighted by molar-refractivity contribution is -0.123. The summed E-state index contributed by atoms with van der Waals surface area (Å²) in [6, 6.07) is 9.64. The monoisotopic (exact) mass is 300 g/mol. The maximum atomic E-state index is 11.7. The number of hydrogen-bond donors (Lipinski definition) is 3. The number of carbonyl (C=O) groups excluding carboxylic acids is 1. The Balaban J connectivity index is 0.00000200. The molecule has 112 valence electrons. The van der Waals surface area contributed by atoms with Crippen molar-refractivity contribution in [2.45, 2.75) is 25.2 Å². The minimum absolute atomic E-state index is 0. The van der Waals surface area contributed by atoms with Gasteiger partial charge in [0.15, 0.2) is 0 Å². The van der Waals surface area contributed by atoms with Gasteiger partial charge in [0.05, 0.1) is 25.4 Å². The summed E-state index contributed by atoms with van der Waals surface area (Å²) in [5.74, 6) is -0.0696. The van der Waals surface area contributed by atoms with E-state index in [4.69, 9.17) is 4.74 Å². The number of nitrogens with one attached hydrogen (secondary N) is 2. The van der Waals surface area contributed by atoms with E-state index < -0.39 is 6.10 Å². The number of ether oxygens (including phenoxy) is 1. The molecule has 2 rings (SSSR count). The van der Waals surface area contributed by atoms with E-state index >= 15 is 0 Å². The first kappa shape index (κ1) is 16.9. The molecule has 0 spiro atoms. The number of halogens is 1. The lowest BCUT2D eigenvalue weighted by Crippen LogP contribution is -2.41. The van der Waals surface area contributed by atoms with Crippen LogP contribution < -0.4 is 10.6 Å². The molecule has 0 bridgehead atoms. The van der Waals surface area contributed by atoms with Gasteiger partial charge in [0.1, 0.15) is 0 Å². The summed E-state index contributed by atoms with van der Waals surface area (Å²) in [6.07, 6.45) is 0.0709. The summed E-state index contributed by atoms with van der Waals surface area (Å²) in [4.78, 5) is 11.7. The number of carbonyl (C=O) groups is 1. The van der Waals surface area contributed by atoms with Gasteiger partial charge in [-0.3, -0.25) is 4.79 Å². The van der Waals surface area contributed by atoms with E-state index in [2.05, 4.69) is 10.6 Å². The van der Waals surface area contributed by atoms with Crippen LogP contribution in [0.15, 0.2) is 30.3 Å². The molecule has 0 aromatic heterocycles. The van der Waals surface area contributed by atoms with Gasteiger partial charge in [-0.25, -0.2) is 0 Å². The number of hydrogen-bond acceptors (Lipinski definition) is 4. The average Bonchev–Trinajstić information content (AvgIpc) is 2.86. The van der Waals surface area contributed by atoms with Crippen molar-refractivity contribution in [1.82, 2.24) is 10.6 Å². The van der Waals surface area contributed by atoms with E-state index in [0.717, 1.165) is 5.56 Å². The van der Waals surface area contributed by atoms with Crippen molar-refractivity contribution < 1.29 is 14.6 Å². The Bertz CT molecular complexity index is 403. The summed E-state index contributed by atoms with van der Waals surface area (Å²) < 4.78 is 5.47. The molecule has 1 aromatic rings.